The number of hydrogen-bond acceptors (Lipinski definition) is 7. The van der Waals surface area contributed by atoms with Crippen LogP contribution in [0.15, 0.2) is 65.2 Å². The Hall–Kier alpha value is -3.64. The lowest BCUT2D eigenvalue weighted by atomic mass is 9.68. The molecule has 0 saturated heterocycles. The molecule has 2 aliphatic heterocycles. The van der Waals surface area contributed by atoms with E-state index in [1.165, 1.54) is 11.1 Å². The fraction of sp³-hybridized carbons (Fsp3) is 0.500. The highest BCUT2D eigenvalue weighted by Gasteiger charge is 2.44. The zero-order chi connectivity index (χ0) is 36.6. The molecule has 0 radical (unpaired) electrons. The summed E-state index contributed by atoms with van der Waals surface area (Å²) in [7, 11) is 1.62. The van der Waals surface area contributed by atoms with Crippen LogP contribution in [0.5, 0.6) is 5.75 Å². The van der Waals surface area contributed by atoms with Crippen LogP contribution in [0, 0.1) is 17.8 Å². The summed E-state index contributed by atoms with van der Waals surface area (Å²) < 4.78 is 41.3. The third-order valence-electron chi connectivity index (χ3n) is 11.4. The molecule has 2 amide bonds. The van der Waals surface area contributed by atoms with Gasteiger partial charge in [-0.05, 0) is 104 Å². The molecule has 2 aromatic carbocycles. The van der Waals surface area contributed by atoms with Crippen molar-refractivity contribution in [3.8, 4) is 5.75 Å². The topological polar surface area (TPSA) is 111 Å². The standard InChI is InChI=1S/C40H49ClN4O6S/c1-26-7-5-9-36(50-4)33-13-10-29(33)21-45-24-40(16-6-8-27-17-31(41)12-14-34(27)40)25-51-37-15-11-28(19-35(37)45)38(46)42-52(48,23-26)43-39(47)30-18-32(22-49-3)44(2)20-30/h5,9,11-12,14-15,17-20,26,29,33,36H,6-8,10,13,16,21-25H2,1-4H3,(H,42,43,46,47,48)/b9-5-/t26-,29-,33+,36-,40-,52?/m0/s1. The molecule has 1 N–H and O–H groups in total. The number of allylic oxidation sites excluding steroid dienone is 1. The van der Waals surface area contributed by atoms with Crippen LogP contribution in [-0.4, -0.2) is 66.4 Å². The molecule has 2 bridgehead atoms. The quantitative estimate of drug-likeness (QED) is 0.283. The molecule has 2 aliphatic carbocycles. The minimum Gasteiger partial charge on any atom is -0.490 e. The van der Waals surface area contributed by atoms with Crippen LogP contribution in [0.3, 0.4) is 0 Å². The summed E-state index contributed by atoms with van der Waals surface area (Å²) >= 11 is 6.46. The van der Waals surface area contributed by atoms with Crippen molar-refractivity contribution in [3.05, 3.63) is 93.8 Å². The zero-order valence-corrected chi connectivity index (χ0v) is 32.0. The Labute approximate surface area is 312 Å². The van der Waals surface area contributed by atoms with Gasteiger partial charge in [0, 0.05) is 62.2 Å². The van der Waals surface area contributed by atoms with E-state index in [4.69, 9.17) is 25.8 Å². The number of carbonyl (C=O) groups excluding carboxylic acids is 2. The van der Waals surface area contributed by atoms with Gasteiger partial charge in [-0.3, -0.25) is 14.3 Å². The van der Waals surface area contributed by atoms with E-state index >= 15 is 0 Å². The number of nitrogens with zero attached hydrogens (tertiary/aromatic N) is 3. The summed E-state index contributed by atoms with van der Waals surface area (Å²) in [5, 5.41) is 0.739. The molecule has 52 heavy (non-hydrogen) atoms. The second-order valence-electron chi connectivity index (χ2n) is 15.2. The number of halogens is 1. The van der Waals surface area contributed by atoms with Crippen LogP contribution in [0.1, 0.15) is 76.6 Å². The first-order chi connectivity index (χ1) is 25.0. The van der Waals surface area contributed by atoms with Crippen LogP contribution in [0.25, 0.3) is 0 Å². The first kappa shape index (κ1) is 36.7. The monoisotopic (exact) mass is 748 g/mol. The summed E-state index contributed by atoms with van der Waals surface area (Å²) in [5.41, 5.74) is 4.49. The molecule has 278 valence electrons. The van der Waals surface area contributed by atoms with E-state index in [1.54, 1.807) is 37.1 Å². The minimum absolute atomic E-state index is 0.00239. The molecular formula is C40H49ClN4O6S. The van der Waals surface area contributed by atoms with Gasteiger partial charge in [0.15, 0.2) is 0 Å². The number of nitrogens with one attached hydrogen (secondary N) is 1. The molecule has 12 heteroatoms. The molecule has 1 unspecified atom stereocenters. The summed E-state index contributed by atoms with van der Waals surface area (Å²) in [6.07, 6.45) is 11.5. The average molecular weight is 749 g/mol. The number of fused-ring (bicyclic) bond motifs is 4. The number of anilines is 1. The highest BCUT2D eigenvalue weighted by atomic mass is 35.5. The molecule has 1 saturated carbocycles. The Kier molecular flexibility index (Phi) is 10.6. The van der Waals surface area contributed by atoms with Crippen LogP contribution >= 0.6 is 11.6 Å². The van der Waals surface area contributed by atoms with Gasteiger partial charge in [-0.2, -0.15) is 0 Å². The minimum atomic E-state index is -3.54. The van der Waals surface area contributed by atoms with E-state index in [1.807, 2.05) is 32.2 Å². The highest BCUT2D eigenvalue weighted by molar-refractivity contribution is 7.92. The largest absolute Gasteiger partial charge is 0.490 e. The Bertz CT molecular complexity index is 2000. The van der Waals surface area contributed by atoms with Crippen LogP contribution < -0.4 is 14.4 Å². The maximum Gasteiger partial charge on any atom is 0.286 e. The summed E-state index contributed by atoms with van der Waals surface area (Å²) in [4.78, 5) is 30.0. The first-order valence-electron chi connectivity index (χ1n) is 18.3. The number of carbonyl (C=O) groups is 2. The molecule has 10 nitrogen and oxygen atoms in total. The third kappa shape index (κ3) is 7.42. The average Bonchev–Trinajstić information content (AvgIpc) is 3.39. The molecule has 4 aliphatic rings. The number of aryl methyl sites for hydroxylation is 2. The fourth-order valence-corrected chi connectivity index (χ4v) is 10.7. The Balaban J connectivity index is 1.29. The molecule has 3 aromatic rings. The maximum atomic E-state index is 14.6. The second-order valence-corrected chi connectivity index (χ2v) is 17.6. The summed E-state index contributed by atoms with van der Waals surface area (Å²) in [6.45, 7) is 4.27. The number of ether oxygens (including phenoxy) is 3. The highest BCUT2D eigenvalue weighted by Crippen LogP contribution is 2.47. The predicted molar refractivity (Wildman–Crippen MR) is 204 cm³/mol. The van der Waals surface area contributed by atoms with Gasteiger partial charge in [0.25, 0.3) is 11.8 Å². The third-order valence-corrected chi connectivity index (χ3v) is 13.7. The van der Waals surface area contributed by atoms with Gasteiger partial charge in [0.1, 0.15) is 15.7 Å². The molecule has 1 fully saturated rings. The second kappa shape index (κ2) is 15.0. The molecule has 1 spiro atoms. The van der Waals surface area contributed by atoms with Gasteiger partial charge in [-0.25, -0.2) is 4.21 Å². The number of benzene rings is 2. The van der Waals surface area contributed by atoms with E-state index in [-0.39, 0.29) is 23.2 Å². The van der Waals surface area contributed by atoms with Crippen molar-refractivity contribution in [2.24, 2.45) is 29.2 Å². The Morgan fingerprint density at radius 3 is 2.79 bits per heavy atom. The van der Waals surface area contributed by atoms with Gasteiger partial charge < -0.3 is 23.7 Å². The lowest BCUT2D eigenvalue weighted by molar-refractivity contribution is 0.0131. The zero-order valence-electron chi connectivity index (χ0n) is 30.4. The van der Waals surface area contributed by atoms with Gasteiger partial charge in [-0.1, -0.05) is 36.7 Å². The van der Waals surface area contributed by atoms with Gasteiger partial charge in [0.05, 0.1) is 36.3 Å². The normalized spacial score (nSPS) is 29.5. The van der Waals surface area contributed by atoms with Crippen molar-refractivity contribution in [2.75, 3.05) is 44.6 Å². The Morgan fingerprint density at radius 2 is 2.02 bits per heavy atom. The Morgan fingerprint density at radius 1 is 1.17 bits per heavy atom. The van der Waals surface area contributed by atoms with Crippen molar-refractivity contribution in [2.45, 2.75) is 63.6 Å². The van der Waals surface area contributed by atoms with Gasteiger partial charge >= 0.3 is 0 Å². The number of methoxy groups -OCH3 is 2. The van der Waals surface area contributed by atoms with Crippen molar-refractivity contribution in [1.29, 1.82) is 0 Å². The van der Waals surface area contributed by atoms with E-state index in [9.17, 15) is 13.8 Å². The van der Waals surface area contributed by atoms with Crippen molar-refractivity contribution >= 4 is 39.0 Å². The lowest BCUT2D eigenvalue weighted by Crippen LogP contribution is -2.49. The van der Waals surface area contributed by atoms with E-state index in [0.717, 1.165) is 55.1 Å². The predicted octanol–water partition coefficient (Wildman–Crippen LogP) is 6.89. The molecule has 6 atom stereocenters. The molecule has 3 heterocycles. The van der Waals surface area contributed by atoms with Crippen molar-refractivity contribution in [3.63, 3.8) is 0 Å². The van der Waals surface area contributed by atoms with E-state index in [0.29, 0.717) is 54.9 Å². The first-order valence-corrected chi connectivity index (χ1v) is 20.3. The van der Waals surface area contributed by atoms with Crippen molar-refractivity contribution < 1.29 is 28.0 Å². The fourth-order valence-electron chi connectivity index (χ4n) is 8.60. The van der Waals surface area contributed by atoms with Crippen LogP contribution in [0.2, 0.25) is 5.02 Å². The number of rotatable bonds is 5. The van der Waals surface area contributed by atoms with E-state index in [2.05, 4.69) is 38.3 Å². The van der Waals surface area contributed by atoms with Crippen LogP contribution in [0.4, 0.5) is 5.69 Å². The lowest BCUT2D eigenvalue weighted by Gasteiger charge is -2.46. The summed E-state index contributed by atoms with van der Waals surface area (Å²) in [6, 6.07) is 13.3. The maximum absolute atomic E-state index is 14.6. The number of hydrogen-bond donors (Lipinski definition) is 1. The van der Waals surface area contributed by atoms with Gasteiger partial charge in [-0.15, -0.1) is 4.36 Å². The van der Waals surface area contributed by atoms with Crippen molar-refractivity contribution in [1.82, 2.24) is 9.29 Å². The van der Waals surface area contributed by atoms with Gasteiger partial charge in [0.2, 0.25) is 0 Å². The molecule has 1 aromatic heterocycles. The molecule has 7 rings (SSSR count). The summed E-state index contributed by atoms with van der Waals surface area (Å²) in [5.74, 6) is 0.0696. The van der Waals surface area contributed by atoms with Crippen LogP contribution in [-0.2, 0) is 44.9 Å². The number of amides is 2. The number of aromatic nitrogens is 1. The smallest absolute Gasteiger partial charge is 0.286 e. The SMILES string of the molecule is COCc1cc(C(=O)NS2(=O)=NC(=O)c3ccc4c(c3)N(C[C@@H]3CC[C@H]3[C@@H](OC)/C=C\C[C@H](C)C2)C[C@@]2(CCCc3cc(Cl)ccc32)CO4)cn1C. The molecular weight excluding hydrogens is 700 g/mol. The van der Waals surface area contributed by atoms with E-state index < -0.39 is 21.7 Å².